The van der Waals surface area contributed by atoms with Crippen LogP contribution in [0.5, 0.6) is 0 Å². The number of carbonyl (C=O) groups excluding carboxylic acids is 1. The molecule has 0 radical (unpaired) electrons. The summed E-state index contributed by atoms with van der Waals surface area (Å²) in [6.07, 6.45) is 3.63. The minimum absolute atomic E-state index is 0.00958. The molecule has 0 aromatic carbocycles. The normalized spacial score (nSPS) is 21.7. The maximum atomic E-state index is 12.0. The number of amides is 1. The second kappa shape index (κ2) is 4.23. The lowest BCUT2D eigenvalue weighted by molar-refractivity contribution is 0.0720. The van der Waals surface area contributed by atoms with E-state index in [1.807, 2.05) is 6.92 Å². The number of nitrogens with zero attached hydrogens (tertiary/aromatic N) is 2. The van der Waals surface area contributed by atoms with E-state index in [9.17, 15) is 4.79 Å². The van der Waals surface area contributed by atoms with E-state index in [2.05, 4.69) is 10.2 Å². The van der Waals surface area contributed by atoms with Crippen molar-refractivity contribution >= 4 is 17.5 Å². The molecule has 0 bridgehead atoms. The molecule has 2 heterocycles. The van der Waals surface area contributed by atoms with E-state index in [4.69, 9.17) is 11.6 Å². The van der Waals surface area contributed by atoms with Crippen LogP contribution in [0.4, 0.5) is 0 Å². The molecule has 1 fully saturated rings. The molecule has 1 unspecified atom stereocenters. The van der Waals surface area contributed by atoms with Crippen LogP contribution in [-0.2, 0) is 0 Å². The van der Waals surface area contributed by atoms with Crippen molar-refractivity contribution in [2.45, 2.75) is 25.1 Å². The molecule has 1 aromatic heterocycles. The zero-order valence-corrected chi connectivity index (χ0v) is 9.42. The first-order valence-electron chi connectivity index (χ1n) is 5.12. The summed E-state index contributed by atoms with van der Waals surface area (Å²) in [7, 11) is 0. The molecule has 1 N–H and O–H groups in total. The van der Waals surface area contributed by atoms with Crippen LogP contribution in [0.1, 0.15) is 28.9 Å². The quantitative estimate of drug-likeness (QED) is 0.741. The largest absolute Gasteiger partial charge is 0.336 e. The molecule has 2 rings (SSSR count). The number of halogens is 1. The monoisotopic (exact) mass is 227 g/mol. The lowest BCUT2D eigenvalue weighted by Crippen LogP contribution is -2.40. The van der Waals surface area contributed by atoms with Crippen LogP contribution in [0.25, 0.3) is 0 Å². The Balaban J connectivity index is 2.11. The van der Waals surface area contributed by atoms with Gasteiger partial charge >= 0.3 is 0 Å². The second-order valence-corrected chi connectivity index (χ2v) is 4.54. The van der Waals surface area contributed by atoms with Crippen molar-refractivity contribution in [1.29, 1.82) is 0 Å². The minimum Gasteiger partial charge on any atom is -0.336 e. The summed E-state index contributed by atoms with van der Waals surface area (Å²) in [4.78, 5) is 13.8. The average Bonchev–Trinajstić information content (AvgIpc) is 2.63. The molecule has 82 valence electrons. The summed E-state index contributed by atoms with van der Waals surface area (Å²) in [5, 5.41) is 6.67. The molecule has 1 saturated heterocycles. The van der Waals surface area contributed by atoms with E-state index in [-0.39, 0.29) is 11.3 Å². The lowest BCUT2D eigenvalue weighted by atomic mass is 10.1. The van der Waals surface area contributed by atoms with Crippen molar-refractivity contribution < 1.29 is 4.79 Å². The number of aryl methyl sites for hydroxylation is 1. The van der Waals surface area contributed by atoms with Gasteiger partial charge in [0.15, 0.2) is 0 Å². The SMILES string of the molecule is Cc1cn[nH]c1C(=O)N1CCCC(Cl)C1. The highest BCUT2D eigenvalue weighted by Gasteiger charge is 2.24. The molecule has 4 nitrogen and oxygen atoms in total. The molecule has 0 saturated carbocycles. The number of nitrogens with one attached hydrogen (secondary N) is 1. The summed E-state index contributed by atoms with van der Waals surface area (Å²) in [6, 6.07) is 0. The number of hydrogen-bond donors (Lipinski definition) is 1. The Kier molecular flexibility index (Phi) is 2.95. The van der Waals surface area contributed by atoms with E-state index in [1.54, 1.807) is 11.1 Å². The third-order valence-electron chi connectivity index (χ3n) is 2.69. The first-order valence-corrected chi connectivity index (χ1v) is 5.55. The van der Waals surface area contributed by atoms with Gasteiger partial charge in [-0.25, -0.2) is 0 Å². The van der Waals surface area contributed by atoms with Gasteiger partial charge in [0.1, 0.15) is 5.69 Å². The summed E-state index contributed by atoms with van der Waals surface area (Å²) >= 11 is 6.04. The molecule has 1 aliphatic rings. The fraction of sp³-hybridized carbons (Fsp3) is 0.600. The maximum Gasteiger partial charge on any atom is 0.272 e. The number of aromatic amines is 1. The van der Waals surface area contributed by atoms with Gasteiger partial charge in [-0.15, -0.1) is 11.6 Å². The lowest BCUT2D eigenvalue weighted by Gasteiger charge is -2.29. The Morgan fingerprint density at radius 1 is 1.73 bits per heavy atom. The van der Waals surface area contributed by atoms with Crippen molar-refractivity contribution in [3.05, 3.63) is 17.5 Å². The number of aromatic nitrogens is 2. The van der Waals surface area contributed by atoms with Crippen LogP contribution >= 0.6 is 11.6 Å². The zero-order chi connectivity index (χ0) is 10.8. The molecule has 0 aliphatic carbocycles. The third kappa shape index (κ3) is 2.15. The molecular weight excluding hydrogens is 214 g/mol. The van der Waals surface area contributed by atoms with Crippen LogP contribution in [-0.4, -0.2) is 39.5 Å². The third-order valence-corrected chi connectivity index (χ3v) is 3.05. The van der Waals surface area contributed by atoms with Gasteiger partial charge in [-0.05, 0) is 25.3 Å². The van der Waals surface area contributed by atoms with E-state index < -0.39 is 0 Å². The summed E-state index contributed by atoms with van der Waals surface area (Å²) in [5.74, 6) is 0.00958. The van der Waals surface area contributed by atoms with Crippen molar-refractivity contribution in [3.8, 4) is 0 Å². The van der Waals surface area contributed by atoms with Crippen molar-refractivity contribution in [2.75, 3.05) is 13.1 Å². The molecular formula is C10H14ClN3O. The molecule has 5 heteroatoms. The molecule has 1 aliphatic heterocycles. The summed E-state index contributed by atoms with van der Waals surface area (Å²) in [6.45, 7) is 3.30. The Hall–Kier alpha value is -1.03. The van der Waals surface area contributed by atoms with Crippen LogP contribution in [0.15, 0.2) is 6.20 Å². The standard InChI is InChI=1S/C10H14ClN3O/c1-7-5-12-13-9(7)10(15)14-4-2-3-8(11)6-14/h5,8H,2-4,6H2,1H3,(H,12,13). The fourth-order valence-electron chi connectivity index (χ4n) is 1.83. The first-order chi connectivity index (χ1) is 7.18. The van der Waals surface area contributed by atoms with Gasteiger partial charge < -0.3 is 4.90 Å². The molecule has 1 atom stereocenters. The van der Waals surface area contributed by atoms with Crippen LogP contribution < -0.4 is 0 Å². The van der Waals surface area contributed by atoms with Gasteiger partial charge in [0, 0.05) is 13.1 Å². The number of alkyl halides is 1. The van der Waals surface area contributed by atoms with Crippen molar-refractivity contribution in [2.24, 2.45) is 0 Å². The Bertz CT molecular complexity index is 363. The molecule has 0 spiro atoms. The Morgan fingerprint density at radius 2 is 2.53 bits per heavy atom. The highest BCUT2D eigenvalue weighted by Crippen LogP contribution is 2.17. The molecule has 1 aromatic rings. The predicted molar refractivity (Wildman–Crippen MR) is 58.1 cm³/mol. The number of hydrogen-bond acceptors (Lipinski definition) is 2. The number of rotatable bonds is 1. The maximum absolute atomic E-state index is 12.0. The number of piperidine rings is 1. The van der Waals surface area contributed by atoms with E-state index >= 15 is 0 Å². The van der Waals surface area contributed by atoms with Gasteiger partial charge in [-0.1, -0.05) is 0 Å². The molecule has 1 amide bonds. The summed E-state index contributed by atoms with van der Waals surface area (Å²) < 4.78 is 0. The van der Waals surface area contributed by atoms with Gasteiger partial charge in [0.2, 0.25) is 0 Å². The predicted octanol–water partition coefficient (Wildman–Crippen LogP) is 1.56. The highest BCUT2D eigenvalue weighted by atomic mass is 35.5. The van der Waals surface area contributed by atoms with E-state index in [0.717, 1.165) is 24.9 Å². The van der Waals surface area contributed by atoms with Gasteiger partial charge in [0.25, 0.3) is 5.91 Å². The Morgan fingerprint density at radius 3 is 3.13 bits per heavy atom. The molecule has 15 heavy (non-hydrogen) atoms. The van der Waals surface area contributed by atoms with Crippen molar-refractivity contribution in [3.63, 3.8) is 0 Å². The Labute approximate surface area is 93.6 Å². The smallest absolute Gasteiger partial charge is 0.272 e. The number of carbonyl (C=O) groups is 1. The van der Waals surface area contributed by atoms with Crippen LogP contribution in [0.2, 0.25) is 0 Å². The minimum atomic E-state index is 0.00958. The van der Waals surface area contributed by atoms with Gasteiger partial charge in [0.05, 0.1) is 11.6 Å². The van der Waals surface area contributed by atoms with Crippen molar-refractivity contribution in [1.82, 2.24) is 15.1 Å². The summed E-state index contributed by atoms with van der Waals surface area (Å²) in [5.41, 5.74) is 1.47. The average molecular weight is 228 g/mol. The second-order valence-electron chi connectivity index (χ2n) is 3.92. The number of likely N-dealkylation sites (tertiary alicyclic amines) is 1. The number of H-pyrrole nitrogens is 1. The van der Waals surface area contributed by atoms with E-state index in [1.165, 1.54) is 0 Å². The zero-order valence-electron chi connectivity index (χ0n) is 8.66. The topological polar surface area (TPSA) is 49.0 Å². The van der Waals surface area contributed by atoms with Gasteiger partial charge in [-0.2, -0.15) is 5.10 Å². The first kappa shape index (κ1) is 10.5. The highest BCUT2D eigenvalue weighted by molar-refractivity contribution is 6.21. The fourth-order valence-corrected chi connectivity index (χ4v) is 2.15. The van der Waals surface area contributed by atoms with Crippen LogP contribution in [0, 0.1) is 6.92 Å². The van der Waals surface area contributed by atoms with Gasteiger partial charge in [-0.3, -0.25) is 9.89 Å². The van der Waals surface area contributed by atoms with E-state index in [0.29, 0.717) is 12.2 Å². The van der Waals surface area contributed by atoms with Crippen LogP contribution in [0.3, 0.4) is 0 Å².